The number of nitrogens with two attached hydrogens (primary N) is 1. The lowest BCUT2D eigenvalue weighted by atomic mass is 10.2. The van der Waals surface area contributed by atoms with E-state index in [9.17, 15) is 8.42 Å². The first-order chi connectivity index (χ1) is 9.38. The van der Waals surface area contributed by atoms with Crippen molar-refractivity contribution in [1.82, 2.24) is 4.72 Å². The van der Waals surface area contributed by atoms with Crippen LogP contribution in [0, 0.1) is 0 Å². The Kier molecular flexibility index (Phi) is 7.05. The highest BCUT2D eigenvalue weighted by Crippen LogP contribution is 2.31. The molecule has 0 heterocycles. The van der Waals surface area contributed by atoms with Crippen LogP contribution in [0.3, 0.4) is 0 Å². The fraction of sp³-hybridized carbons (Fsp3) is 0.500. The standard InChI is InChI=1S/C12H18Cl2N2O3S/c1-19-6-4-2-3-5-16-20(17,18)12-10(13)7-9(15)8-11(12)14/h7-8,16H,2-6,15H2,1H3. The Bertz CT molecular complexity index is 527. The number of hydrogen-bond donors (Lipinski definition) is 2. The van der Waals surface area contributed by atoms with Crippen LogP contribution in [0.1, 0.15) is 19.3 Å². The third-order valence-corrected chi connectivity index (χ3v) is 4.99. The van der Waals surface area contributed by atoms with E-state index in [1.807, 2.05) is 0 Å². The van der Waals surface area contributed by atoms with Gasteiger partial charge in [0.15, 0.2) is 0 Å². The molecular weight excluding hydrogens is 323 g/mol. The number of anilines is 1. The predicted octanol–water partition coefficient (Wildman–Crippen LogP) is 2.67. The van der Waals surface area contributed by atoms with E-state index in [0.717, 1.165) is 12.8 Å². The van der Waals surface area contributed by atoms with E-state index in [1.54, 1.807) is 7.11 Å². The van der Waals surface area contributed by atoms with E-state index in [-0.39, 0.29) is 14.9 Å². The molecule has 0 saturated heterocycles. The van der Waals surface area contributed by atoms with Crippen LogP contribution >= 0.6 is 23.2 Å². The summed E-state index contributed by atoms with van der Waals surface area (Å²) in [5.74, 6) is 0. The summed E-state index contributed by atoms with van der Waals surface area (Å²) in [6, 6.07) is 2.72. The molecular formula is C12H18Cl2N2O3S. The summed E-state index contributed by atoms with van der Waals surface area (Å²) >= 11 is 11.8. The number of hydrogen-bond acceptors (Lipinski definition) is 4. The molecule has 1 rings (SSSR count). The van der Waals surface area contributed by atoms with Gasteiger partial charge in [0, 0.05) is 25.9 Å². The molecule has 0 saturated carbocycles. The van der Waals surface area contributed by atoms with Crippen LogP contribution < -0.4 is 10.5 Å². The van der Waals surface area contributed by atoms with Gasteiger partial charge in [-0.1, -0.05) is 23.2 Å². The number of benzene rings is 1. The van der Waals surface area contributed by atoms with Crippen LogP contribution in [-0.2, 0) is 14.8 Å². The van der Waals surface area contributed by atoms with Crippen molar-refractivity contribution in [2.75, 3.05) is 26.0 Å². The van der Waals surface area contributed by atoms with Gasteiger partial charge in [-0.25, -0.2) is 13.1 Å². The zero-order valence-electron chi connectivity index (χ0n) is 11.2. The normalized spacial score (nSPS) is 11.8. The maximum atomic E-state index is 12.1. The first kappa shape index (κ1) is 17.5. The fourth-order valence-electron chi connectivity index (χ4n) is 1.66. The molecule has 0 aliphatic heterocycles. The van der Waals surface area contributed by atoms with Gasteiger partial charge in [-0.05, 0) is 31.4 Å². The maximum absolute atomic E-state index is 12.1. The van der Waals surface area contributed by atoms with E-state index >= 15 is 0 Å². The van der Waals surface area contributed by atoms with Crippen LogP contribution in [0.15, 0.2) is 17.0 Å². The lowest BCUT2D eigenvalue weighted by Gasteiger charge is -2.10. The molecule has 20 heavy (non-hydrogen) atoms. The van der Waals surface area contributed by atoms with Gasteiger partial charge >= 0.3 is 0 Å². The second-order valence-corrected chi connectivity index (χ2v) is 6.78. The molecule has 0 aromatic heterocycles. The molecule has 1 aromatic carbocycles. The van der Waals surface area contributed by atoms with Crippen molar-refractivity contribution in [1.29, 1.82) is 0 Å². The summed E-state index contributed by atoms with van der Waals surface area (Å²) in [7, 11) is -2.10. The molecule has 0 radical (unpaired) electrons. The molecule has 5 nitrogen and oxygen atoms in total. The van der Waals surface area contributed by atoms with Gasteiger partial charge in [0.05, 0.1) is 10.0 Å². The molecule has 0 aliphatic carbocycles. The Morgan fingerprint density at radius 1 is 1.20 bits per heavy atom. The van der Waals surface area contributed by atoms with Crippen molar-refractivity contribution in [3.63, 3.8) is 0 Å². The average molecular weight is 341 g/mol. The molecule has 0 fully saturated rings. The first-order valence-electron chi connectivity index (χ1n) is 6.11. The Morgan fingerprint density at radius 3 is 2.35 bits per heavy atom. The predicted molar refractivity (Wildman–Crippen MR) is 81.8 cm³/mol. The number of nitrogen functional groups attached to an aromatic ring is 1. The Morgan fingerprint density at radius 2 is 1.80 bits per heavy atom. The number of sulfonamides is 1. The molecule has 3 N–H and O–H groups in total. The van der Waals surface area contributed by atoms with Crippen molar-refractivity contribution in [3.8, 4) is 0 Å². The Hall–Kier alpha value is -0.530. The topological polar surface area (TPSA) is 81.4 Å². The van der Waals surface area contributed by atoms with Gasteiger partial charge in [-0.3, -0.25) is 0 Å². The minimum Gasteiger partial charge on any atom is -0.399 e. The molecule has 114 valence electrons. The first-order valence-corrected chi connectivity index (χ1v) is 8.35. The number of ether oxygens (including phenoxy) is 1. The smallest absolute Gasteiger partial charge is 0.243 e. The monoisotopic (exact) mass is 340 g/mol. The van der Waals surface area contributed by atoms with Gasteiger partial charge in [0.2, 0.25) is 10.0 Å². The summed E-state index contributed by atoms with van der Waals surface area (Å²) in [5.41, 5.74) is 5.86. The second kappa shape index (κ2) is 8.05. The van der Waals surface area contributed by atoms with Gasteiger partial charge < -0.3 is 10.5 Å². The Balaban J connectivity index is 2.66. The molecule has 8 heteroatoms. The lowest BCUT2D eigenvalue weighted by molar-refractivity contribution is 0.192. The van der Waals surface area contributed by atoms with E-state index in [4.69, 9.17) is 33.7 Å². The van der Waals surface area contributed by atoms with E-state index in [0.29, 0.717) is 25.3 Å². The summed E-state index contributed by atoms with van der Waals surface area (Å²) in [4.78, 5) is -0.132. The fourth-order valence-corrected chi connectivity index (χ4v) is 3.97. The zero-order valence-corrected chi connectivity index (χ0v) is 13.5. The van der Waals surface area contributed by atoms with Crippen LogP contribution in [0.25, 0.3) is 0 Å². The van der Waals surface area contributed by atoms with Crippen molar-refractivity contribution < 1.29 is 13.2 Å². The van der Waals surface area contributed by atoms with E-state index in [1.165, 1.54) is 12.1 Å². The molecule has 0 atom stereocenters. The van der Waals surface area contributed by atoms with Crippen LogP contribution in [0.5, 0.6) is 0 Å². The van der Waals surface area contributed by atoms with Crippen molar-refractivity contribution in [2.45, 2.75) is 24.2 Å². The van der Waals surface area contributed by atoms with Gasteiger partial charge in [-0.15, -0.1) is 0 Å². The van der Waals surface area contributed by atoms with E-state index in [2.05, 4.69) is 4.72 Å². The Labute approximate surface area is 129 Å². The number of halogens is 2. The third-order valence-electron chi connectivity index (χ3n) is 2.61. The molecule has 0 bridgehead atoms. The molecule has 0 spiro atoms. The number of nitrogens with one attached hydrogen (secondary N) is 1. The van der Waals surface area contributed by atoms with E-state index < -0.39 is 10.0 Å². The highest BCUT2D eigenvalue weighted by atomic mass is 35.5. The largest absolute Gasteiger partial charge is 0.399 e. The highest BCUT2D eigenvalue weighted by Gasteiger charge is 2.21. The highest BCUT2D eigenvalue weighted by molar-refractivity contribution is 7.89. The average Bonchev–Trinajstić information content (AvgIpc) is 2.31. The van der Waals surface area contributed by atoms with Crippen LogP contribution in [0.4, 0.5) is 5.69 Å². The van der Waals surface area contributed by atoms with Gasteiger partial charge in [0.1, 0.15) is 4.90 Å². The van der Waals surface area contributed by atoms with Crippen molar-refractivity contribution >= 4 is 38.9 Å². The maximum Gasteiger partial charge on any atom is 0.243 e. The number of unbranched alkanes of at least 4 members (excludes halogenated alkanes) is 2. The number of rotatable bonds is 8. The summed E-state index contributed by atoms with van der Waals surface area (Å²) in [6.45, 7) is 0.992. The minimum absolute atomic E-state index is 0.0156. The van der Waals surface area contributed by atoms with Crippen molar-refractivity contribution in [3.05, 3.63) is 22.2 Å². The molecule has 0 unspecified atom stereocenters. The summed E-state index contributed by atoms with van der Waals surface area (Å²) in [6.07, 6.45) is 2.48. The quantitative estimate of drug-likeness (QED) is 0.563. The van der Waals surface area contributed by atoms with Crippen LogP contribution in [0.2, 0.25) is 10.0 Å². The molecule has 1 aromatic rings. The zero-order chi connectivity index (χ0) is 15.2. The summed E-state index contributed by atoms with van der Waals surface area (Å²) < 4.78 is 31.6. The van der Waals surface area contributed by atoms with Gasteiger partial charge in [-0.2, -0.15) is 0 Å². The minimum atomic E-state index is -3.73. The lowest BCUT2D eigenvalue weighted by Crippen LogP contribution is -2.25. The third kappa shape index (κ3) is 5.10. The molecule has 0 aliphatic rings. The number of methoxy groups -OCH3 is 1. The molecule has 0 amide bonds. The second-order valence-electron chi connectivity index (χ2n) is 4.26. The van der Waals surface area contributed by atoms with Crippen LogP contribution in [-0.4, -0.2) is 28.7 Å². The van der Waals surface area contributed by atoms with Gasteiger partial charge in [0.25, 0.3) is 0 Å². The summed E-state index contributed by atoms with van der Waals surface area (Å²) in [5, 5.41) is 0.0313. The van der Waals surface area contributed by atoms with Crippen molar-refractivity contribution in [2.24, 2.45) is 0 Å². The SMILES string of the molecule is COCCCCCNS(=O)(=O)c1c(Cl)cc(N)cc1Cl.